The van der Waals surface area contributed by atoms with Crippen LogP contribution in [0, 0.1) is 0 Å². The van der Waals surface area contributed by atoms with Crippen LogP contribution >= 0.6 is 15.9 Å². The number of aromatic nitrogens is 2. The van der Waals surface area contributed by atoms with Crippen molar-refractivity contribution >= 4 is 38.3 Å². The molecular formula is C16H14BrN3O. The van der Waals surface area contributed by atoms with E-state index in [1.165, 1.54) is 6.92 Å². The standard InChI is InChI=1S/C9H8N2.C7H6BrNO/c10-8-5-1-3-7-4-2-6-11-9(7)8;1-5(10)6-3-2-4-7(8)9-6/h1-6H,10H2;2-4H,1H3. The predicted molar refractivity (Wildman–Crippen MR) is 88.1 cm³/mol. The summed E-state index contributed by atoms with van der Waals surface area (Å²) in [6.45, 7) is 1.49. The Morgan fingerprint density at radius 2 is 1.81 bits per heavy atom. The first kappa shape index (κ1) is 15.1. The van der Waals surface area contributed by atoms with E-state index in [1.807, 2.05) is 30.3 Å². The molecule has 3 rings (SSSR count). The van der Waals surface area contributed by atoms with E-state index in [2.05, 4.69) is 25.9 Å². The second kappa shape index (κ2) is 6.95. The van der Waals surface area contributed by atoms with Crippen molar-refractivity contribution in [2.45, 2.75) is 6.92 Å². The highest BCUT2D eigenvalue weighted by Crippen LogP contribution is 2.16. The third-order valence-corrected chi connectivity index (χ3v) is 3.18. The second-order valence-corrected chi connectivity index (χ2v) is 5.14. The molecule has 0 radical (unpaired) electrons. The molecule has 5 heteroatoms. The number of nitrogen functional groups attached to an aromatic ring is 1. The Labute approximate surface area is 131 Å². The van der Waals surface area contributed by atoms with Gasteiger partial charge in [0.25, 0.3) is 0 Å². The van der Waals surface area contributed by atoms with Crippen molar-refractivity contribution < 1.29 is 4.79 Å². The first-order valence-electron chi connectivity index (χ1n) is 6.30. The largest absolute Gasteiger partial charge is 0.397 e. The van der Waals surface area contributed by atoms with Crippen LogP contribution in [0.3, 0.4) is 0 Å². The maximum absolute atomic E-state index is 10.7. The highest BCUT2D eigenvalue weighted by Gasteiger charge is 1.98. The number of hydrogen-bond acceptors (Lipinski definition) is 4. The van der Waals surface area contributed by atoms with Crippen molar-refractivity contribution in [2.75, 3.05) is 5.73 Å². The molecule has 0 fully saturated rings. The molecule has 1 aromatic carbocycles. The van der Waals surface area contributed by atoms with Gasteiger partial charge in [0.2, 0.25) is 0 Å². The zero-order valence-electron chi connectivity index (χ0n) is 11.5. The van der Waals surface area contributed by atoms with E-state index in [0.717, 1.165) is 16.6 Å². The Balaban J connectivity index is 0.000000155. The summed E-state index contributed by atoms with van der Waals surface area (Å²) in [5, 5.41) is 1.09. The lowest BCUT2D eigenvalue weighted by molar-refractivity contribution is 0.101. The molecule has 21 heavy (non-hydrogen) atoms. The molecule has 0 amide bonds. The van der Waals surface area contributed by atoms with Gasteiger partial charge in [0.15, 0.2) is 5.78 Å². The van der Waals surface area contributed by atoms with Gasteiger partial charge in [-0.15, -0.1) is 0 Å². The van der Waals surface area contributed by atoms with Gasteiger partial charge in [-0.05, 0) is 40.2 Å². The molecule has 106 valence electrons. The summed E-state index contributed by atoms with van der Waals surface area (Å²) in [4.78, 5) is 18.8. The van der Waals surface area contributed by atoms with E-state index in [1.54, 1.807) is 24.4 Å². The Morgan fingerprint density at radius 3 is 2.43 bits per heavy atom. The number of halogens is 1. The average molecular weight is 344 g/mol. The highest BCUT2D eigenvalue weighted by atomic mass is 79.9. The summed E-state index contributed by atoms with van der Waals surface area (Å²) in [6.07, 6.45) is 1.75. The fraction of sp³-hybridized carbons (Fsp3) is 0.0625. The number of hydrogen-bond donors (Lipinski definition) is 1. The average Bonchev–Trinajstić information content (AvgIpc) is 2.48. The molecule has 0 saturated heterocycles. The van der Waals surface area contributed by atoms with Crippen molar-refractivity contribution in [3.8, 4) is 0 Å². The molecule has 4 nitrogen and oxygen atoms in total. The van der Waals surface area contributed by atoms with E-state index >= 15 is 0 Å². The highest BCUT2D eigenvalue weighted by molar-refractivity contribution is 9.10. The maximum Gasteiger partial charge on any atom is 0.178 e. The third kappa shape index (κ3) is 4.10. The van der Waals surface area contributed by atoms with Gasteiger partial charge in [0.1, 0.15) is 10.3 Å². The number of carbonyl (C=O) groups excluding carboxylic acids is 1. The van der Waals surface area contributed by atoms with E-state index in [4.69, 9.17) is 5.73 Å². The van der Waals surface area contributed by atoms with Crippen molar-refractivity contribution in [1.82, 2.24) is 9.97 Å². The van der Waals surface area contributed by atoms with Gasteiger partial charge in [-0.3, -0.25) is 9.78 Å². The molecule has 2 aromatic heterocycles. The van der Waals surface area contributed by atoms with Crippen molar-refractivity contribution in [2.24, 2.45) is 0 Å². The van der Waals surface area contributed by atoms with Crippen LogP contribution in [0.25, 0.3) is 10.9 Å². The molecule has 2 N–H and O–H groups in total. The molecule has 2 heterocycles. The first-order valence-corrected chi connectivity index (χ1v) is 7.10. The summed E-state index contributed by atoms with van der Waals surface area (Å²) in [7, 11) is 0. The van der Waals surface area contributed by atoms with Crippen molar-refractivity contribution in [3.05, 3.63) is 65.0 Å². The number of anilines is 1. The number of carbonyl (C=O) groups is 1. The van der Waals surface area contributed by atoms with Gasteiger partial charge >= 0.3 is 0 Å². The Hall–Kier alpha value is -2.27. The molecule has 0 aliphatic carbocycles. The monoisotopic (exact) mass is 343 g/mol. The third-order valence-electron chi connectivity index (χ3n) is 2.74. The predicted octanol–water partition coefficient (Wildman–Crippen LogP) is 3.86. The summed E-state index contributed by atoms with van der Waals surface area (Å²) in [6, 6.07) is 14.9. The lowest BCUT2D eigenvalue weighted by Crippen LogP contribution is -1.95. The lowest BCUT2D eigenvalue weighted by Gasteiger charge is -1.97. The molecule has 0 aliphatic rings. The number of nitrogens with two attached hydrogens (primary N) is 1. The molecule has 0 spiro atoms. The van der Waals surface area contributed by atoms with Gasteiger partial charge in [0, 0.05) is 18.5 Å². The number of para-hydroxylation sites is 1. The van der Waals surface area contributed by atoms with Gasteiger partial charge in [-0.2, -0.15) is 0 Å². The quantitative estimate of drug-likeness (QED) is 0.413. The van der Waals surface area contributed by atoms with Crippen LogP contribution < -0.4 is 5.73 Å². The number of nitrogens with zero attached hydrogens (tertiary/aromatic N) is 2. The number of benzene rings is 1. The SMILES string of the molecule is CC(=O)c1cccc(Br)n1.Nc1cccc2cccnc12. The van der Waals surface area contributed by atoms with Crippen LogP contribution in [0.2, 0.25) is 0 Å². The minimum Gasteiger partial charge on any atom is -0.397 e. The van der Waals surface area contributed by atoms with Crippen LogP contribution in [0.4, 0.5) is 5.69 Å². The number of fused-ring (bicyclic) bond motifs is 1. The molecule has 0 atom stereocenters. The topological polar surface area (TPSA) is 68.9 Å². The van der Waals surface area contributed by atoms with Crippen LogP contribution in [0.15, 0.2) is 59.3 Å². The van der Waals surface area contributed by atoms with E-state index in [0.29, 0.717) is 10.3 Å². The van der Waals surface area contributed by atoms with Crippen molar-refractivity contribution in [1.29, 1.82) is 0 Å². The summed E-state index contributed by atoms with van der Waals surface area (Å²) in [5.74, 6) is -0.0127. The maximum atomic E-state index is 10.7. The van der Waals surface area contributed by atoms with Gasteiger partial charge in [-0.25, -0.2) is 4.98 Å². The normalized spacial score (nSPS) is 9.81. The van der Waals surface area contributed by atoms with E-state index < -0.39 is 0 Å². The van der Waals surface area contributed by atoms with E-state index in [9.17, 15) is 4.79 Å². The fourth-order valence-corrected chi connectivity index (χ4v) is 2.08. The first-order chi connectivity index (χ1) is 10.1. The number of rotatable bonds is 1. The van der Waals surface area contributed by atoms with Crippen LogP contribution in [0.1, 0.15) is 17.4 Å². The summed E-state index contributed by atoms with van der Waals surface area (Å²) in [5.41, 5.74) is 7.81. The molecule has 0 aliphatic heterocycles. The van der Waals surface area contributed by atoms with Crippen LogP contribution in [-0.2, 0) is 0 Å². The minimum atomic E-state index is -0.0127. The zero-order valence-corrected chi connectivity index (χ0v) is 13.0. The summed E-state index contributed by atoms with van der Waals surface area (Å²) < 4.78 is 0.695. The van der Waals surface area contributed by atoms with E-state index in [-0.39, 0.29) is 5.78 Å². The molecular weight excluding hydrogens is 330 g/mol. The number of ketones is 1. The van der Waals surface area contributed by atoms with Gasteiger partial charge in [-0.1, -0.05) is 24.3 Å². The fourth-order valence-electron chi connectivity index (χ4n) is 1.73. The number of pyridine rings is 2. The second-order valence-electron chi connectivity index (χ2n) is 4.32. The minimum absolute atomic E-state index is 0.0127. The Morgan fingerprint density at radius 1 is 1.10 bits per heavy atom. The van der Waals surface area contributed by atoms with Crippen molar-refractivity contribution in [3.63, 3.8) is 0 Å². The van der Waals surface area contributed by atoms with Crippen LogP contribution in [0.5, 0.6) is 0 Å². The van der Waals surface area contributed by atoms with Gasteiger partial charge in [0.05, 0.1) is 11.2 Å². The molecule has 0 bridgehead atoms. The summed E-state index contributed by atoms with van der Waals surface area (Å²) >= 11 is 3.17. The molecule has 0 saturated carbocycles. The lowest BCUT2D eigenvalue weighted by atomic mass is 10.2. The Bertz CT molecular complexity index is 769. The molecule has 3 aromatic rings. The van der Waals surface area contributed by atoms with Gasteiger partial charge < -0.3 is 5.73 Å². The van der Waals surface area contributed by atoms with Crippen LogP contribution in [-0.4, -0.2) is 15.8 Å². The number of Topliss-reactive ketones (excluding diaryl/α,β-unsaturated/α-hetero) is 1. The Kier molecular flexibility index (Phi) is 5.00. The molecule has 0 unspecified atom stereocenters. The zero-order chi connectivity index (χ0) is 15.2. The smallest absolute Gasteiger partial charge is 0.178 e.